The van der Waals surface area contributed by atoms with Crippen molar-refractivity contribution in [3.05, 3.63) is 22.6 Å². The quantitative estimate of drug-likeness (QED) is 0.919. The lowest BCUT2D eigenvalue weighted by Crippen LogP contribution is -2.41. The van der Waals surface area contributed by atoms with Crippen molar-refractivity contribution in [3.63, 3.8) is 0 Å². The number of hydrogen-bond donors (Lipinski definition) is 1. The number of pyridine rings is 1. The number of nitrogens with one attached hydrogen (secondary N) is 1. The summed E-state index contributed by atoms with van der Waals surface area (Å²) in [7, 11) is 0. The van der Waals surface area contributed by atoms with Gasteiger partial charge in [0.05, 0.1) is 0 Å². The van der Waals surface area contributed by atoms with E-state index in [1.165, 1.54) is 12.5 Å². The zero-order valence-corrected chi connectivity index (χ0v) is 13.1. The topological polar surface area (TPSA) is 28.2 Å². The maximum absolute atomic E-state index is 13.9. The van der Waals surface area contributed by atoms with Crippen LogP contribution in [-0.4, -0.2) is 30.7 Å². The molecule has 0 bridgehead atoms. The summed E-state index contributed by atoms with van der Waals surface area (Å²) in [5.41, 5.74) is 0. The highest BCUT2D eigenvalue weighted by molar-refractivity contribution is 9.10. The largest absolute Gasteiger partial charge is 0.354 e. The van der Waals surface area contributed by atoms with Crippen LogP contribution in [0.1, 0.15) is 26.7 Å². The van der Waals surface area contributed by atoms with Gasteiger partial charge in [-0.05, 0) is 47.3 Å². The normalized spacial score (nSPS) is 20.1. The van der Waals surface area contributed by atoms with Crippen molar-refractivity contribution in [2.45, 2.75) is 32.7 Å². The Bertz CT molecular complexity index is 425. The third-order valence-corrected chi connectivity index (χ3v) is 3.86. The first-order valence-corrected chi connectivity index (χ1v) is 7.65. The molecule has 0 aromatic carbocycles. The predicted octanol–water partition coefficient (Wildman–Crippen LogP) is 3.20. The monoisotopic (exact) mass is 329 g/mol. The number of rotatable bonds is 4. The average Bonchev–Trinajstić information content (AvgIpc) is 2.36. The zero-order chi connectivity index (χ0) is 13.8. The van der Waals surface area contributed by atoms with Gasteiger partial charge in [-0.3, -0.25) is 0 Å². The minimum atomic E-state index is -0.244. The van der Waals surface area contributed by atoms with Gasteiger partial charge >= 0.3 is 0 Å². The number of aromatic nitrogens is 1. The summed E-state index contributed by atoms with van der Waals surface area (Å²) in [6.45, 7) is 7.06. The number of halogens is 2. The first-order valence-electron chi connectivity index (χ1n) is 6.85. The number of piperidine rings is 1. The molecule has 1 atom stereocenters. The lowest BCUT2D eigenvalue weighted by Gasteiger charge is -2.34. The molecule has 1 fully saturated rings. The minimum absolute atomic E-state index is 0.244. The third kappa shape index (κ3) is 4.14. The van der Waals surface area contributed by atoms with Crippen LogP contribution in [0.4, 0.5) is 10.2 Å². The molecular formula is C14H21BrFN3. The van der Waals surface area contributed by atoms with E-state index in [1.54, 1.807) is 6.20 Å². The second-order valence-electron chi connectivity index (χ2n) is 5.48. The molecule has 1 aromatic rings. The lowest BCUT2D eigenvalue weighted by atomic mass is 9.97. The van der Waals surface area contributed by atoms with E-state index in [0.29, 0.717) is 22.3 Å². The summed E-state index contributed by atoms with van der Waals surface area (Å²) >= 11 is 3.24. The maximum Gasteiger partial charge on any atom is 0.166 e. The summed E-state index contributed by atoms with van der Waals surface area (Å²) < 4.78 is 14.6. The van der Waals surface area contributed by atoms with E-state index in [0.717, 1.165) is 26.1 Å². The smallest absolute Gasteiger partial charge is 0.166 e. The van der Waals surface area contributed by atoms with Gasteiger partial charge in [-0.15, -0.1) is 0 Å². The van der Waals surface area contributed by atoms with Gasteiger partial charge in [0.15, 0.2) is 11.6 Å². The molecule has 2 rings (SSSR count). The van der Waals surface area contributed by atoms with Crippen molar-refractivity contribution < 1.29 is 4.39 Å². The van der Waals surface area contributed by atoms with E-state index < -0.39 is 0 Å². The van der Waals surface area contributed by atoms with Crippen LogP contribution >= 0.6 is 15.9 Å². The van der Waals surface area contributed by atoms with E-state index in [2.05, 4.69) is 45.0 Å². The van der Waals surface area contributed by atoms with Crippen molar-refractivity contribution in [3.8, 4) is 0 Å². The Morgan fingerprint density at radius 3 is 3.05 bits per heavy atom. The van der Waals surface area contributed by atoms with Gasteiger partial charge in [-0.1, -0.05) is 13.8 Å². The van der Waals surface area contributed by atoms with Crippen LogP contribution in [0, 0.1) is 11.7 Å². The molecule has 1 saturated heterocycles. The number of anilines is 1. The van der Waals surface area contributed by atoms with Gasteiger partial charge in [0.1, 0.15) is 0 Å². The first kappa shape index (κ1) is 14.7. The number of nitrogens with zero attached hydrogens (tertiary/aromatic N) is 2. The molecule has 5 heteroatoms. The second-order valence-corrected chi connectivity index (χ2v) is 6.39. The van der Waals surface area contributed by atoms with Crippen LogP contribution in [0.15, 0.2) is 16.7 Å². The van der Waals surface area contributed by atoms with Crippen molar-refractivity contribution in [1.82, 2.24) is 10.3 Å². The molecule has 0 radical (unpaired) electrons. The molecule has 1 unspecified atom stereocenters. The molecule has 19 heavy (non-hydrogen) atoms. The second kappa shape index (κ2) is 6.66. The molecule has 1 aliphatic heterocycles. The molecule has 1 aliphatic rings. The molecule has 0 aliphatic carbocycles. The summed E-state index contributed by atoms with van der Waals surface area (Å²) in [4.78, 5) is 6.28. The number of hydrogen-bond acceptors (Lipinski definition) is 3. The van der Waals surface area contributed by atoms with E-state index in [-0.39, 0.29) is 5.82 Å². The van der Waals surface area contributed by atoms with Crippen molar-refractivity contribution >= 4 is 21.7 Å². The van der Waals surface area contributed by atoms with Crippen molar-refractivity contribution in [2.75, 3.05) is 24.5 Å². The van der Waals surface area contributed by atoms with Gasteiger partial charge in [0.25, 0.3) is 0 Å². The van der Waals surface area contributed by atoms with Crippen molar-refractivity contribution in [1.29, 1.82) is 0 Å². The maximum atomic E-state index is 13.9. The highest BCUT2D eigenvalue weighted by Crippen LogP contribution is 2.25. The van der Waals surface area contributed by atoms with Crippen LogP contribution < -0.4 is 10.2 Å². The highest BCUT2D eigenvalue weighted by Gasteiger charge is 2.23. The van der Waals surface area contributed by atoms with E-state index >= 15 is 0 Å². The highest BCUT2D eigenvalue weighted by atomic mass is 79.9. The van der Waals surface area contributed by atoms with Crippen LogP contribution in [0.2, 0.25) is 0 Å². The Kier molecular flexibility index (Phi) is 5.16. The Balaban J connectivity index is 2.00. The average molecular weight is 330 g/mol. The van der Waals surface area contributed by atoms with Crippen LogP contribution in [0.5, 0.6) is 0 Å². The Morgan fingerprint density at radius 2 is 2.37 bits per heavy atom. The molecule has 106 valence electrons. The van der Waals surface area contributed by atoms with Crippen LogP contribution in [0.3, 0.4) is 0 Å². The van der Waals surface area contributed by atoms with Gasteiger partial charge in [0.2, 0.25) is 0 Å². The Labute approximate surface area is 122 Å². The summed E-state index contributed by atoms with van der Waals surface area (Å²) in [5.74, 6) is 0.810. The van der Waals surface area contributed by atoms with Gasteiger partial charge in [-0.25, -0.2) is 9.37 Å². The fourth-order valence-electron chi connectivity index (χ4n) is 2.47. The molecule has 1 N–H and O–H groups in total. The van der Waals surface area contributed by atoms with Crippen LogP contribution in [-0.2, 0) is 0 Å². The summed E-state index contributed by atoms with van der Waals surface area (Å²) in [6, 6.07) is 1.98. The molecular weight excluding hydrogens is 309 g/mol. The van der Waals surface area contributed by atoms with E-state index in [9.17, 15) is 4.39 Å². The first-order chi connectivity index (χ1) is 9.06. The molecule has 0 spiro atoms. The standard InChI is InChI=1S/C14H21BrFN3/c1-10(2)17-7-11-4-3-5-19(9-11)14-13(16)6-12(15)8-18-14/h6,8,10-11,17H,3-5,7,9H2,1-2H3. The molecule has 0 amide bonds. The predicted molar refractivity (Wildman–Crippen MR) is 80.0 cm³/mol. The zero-order valence-electron chi connectivity index (χ0n) is 11.5. The van der Waals surface area contributed by atoms with E-state index in [4.69, 9.17) is 0 Å². The molecule has 2 heterocycles. The van der Waals surface area contributed by atoms with E-state index in [1.807, 2.05) is 0 Å². The SMILES string of the molecule is CC(C)NCC1CCCN(c2ncc(Br)cc2F)C1. The van der Waals surface area contributed by atoms with Crippen LogP contribution in [0.25, 0.3) is 0 Å². The summed E-state index contributed by atoms with van der Waals surface area (Å²) in [6.07, 6.45) is 3.96. The fourth-order valence-corrected chi connectivity index (χ4v) is 2.77. The molecule has 0 saturated carbocycles. The Hall–Kier alpha value is -0.680. The lowest BCUT2D eigenvalue weighted by molar-refractivity contribution is 0.376. The summed E-state index contributed by atoms with van der Waals surface area (Å²) in [5, 5.41) is 3.46. The Morgan fingerprint density at radius 1 is 1.58 bits per heavy atom. The van der Waals surface area contributed by atoms with Gasteiger partial charge < -0.3 is 10.2 Å². The molecule has 1 aromatic heterocycles. The molecule has 3 nitrogen and oxygen atoms in total. The fraction of sp³-hybridized carbons (Fsp3) is 0.643. The van der Waals surface area contributed by atoms with Crippen molar-refractivity contribution in [2.24, 2.45) is 5.92 Å². The minimum Gasteiger partial charge on any atom is -0.354 e. The third-order valence-electron chi connectivity index (χ3n) is 3.42. The van der Waals surface area contributed by atoms with Gasteiger partial charge in [-0.2, -0.15) is 0 Å². The van der Waals surface area contributed by atoms with Gasteiger partial charge in [0, 0.05) is 29.8 Å².